The molecule has 1 aliphatic heterocycles. The van der Waals surface area contributed by atoms with Gasteiger partial charge in [0.25, 0.3) is 11.5 Å². The van der Waals surface area contributed by atoms with Crippen molar-refractivity contribution in [3.63, 3.8) is 0 Å². The van der Waals surface area contributed by atoms with Gasteiger partial charge in [0, 0.05) is 23.7 Å². The fraction of sp³-hybridized carbons (Fsp3) is 0.333. The Labute approximate surface area is 190 Å². The largest absolute Gasteiger partial charge is 0.449 e. The molecule has 2 heterocycles. The van der Waals surface area contributed by atoms with Crippen LogP contribution in [0.1, 0.15) is 48.8 Å². The lowest BCUT2D eigenvalue weighted by molar-refractivity contribution is -0.123. The summed E-state index contributed by atoms with van der Waals surface area (Å²) in [5.41, 5.74) is 1.13. The minimum Gasteiger partial charge on any atom is -0.449 e. The first-order valence-electron chi connectivity index (χ1n) is 10.7. The molecule has 4 rings (SSSR count). The summed E-state index contributed by atoms with van der Waals surface area (Å²) in [6, 6.07) is 11.4. The van der Waals surface area contributed by atoms with E-state index in [0.29, 0.717) is 28.2 Å². The van der Waals surface area contributed by atoms with Gasteiger partial charge >= 0.3 is 5.97 Å². The van der Waals surface area contributed by atoms with Crippen molar-refractivity contribution in [1.29, 1.82) is 0 Å². The molecule has 1 N–H and O–H groups in total. The van der Waals surface area contributed by atoms with Crippen molar-refractivity contribution in [3.05, 3.63) is 69.2 Å². The van der Waals surface area contributed by atoms with E-state index in [-0.39, 0.29) is 11.1 Å². The van der Waals surface area contributed by atoms with Gasteiger partial charge in [-0.25, -0.2) is 9.78 Å². The number of rotatable bonds is 4. The van der Waals surface area contributed by atoms with E-state index in [1.165, 1.54) is 13.0 Å². The third-order valence-electron chi connectivity index (χ3n) is 5.55. The van der Waals surface area contributed by atoms with Crippen molar-refractivity contribution in [3.8, 4) is 0 Å². The van der Waals surface area contributed by atoms with E-state index in [9.17, 15) is 14.4 Å². The van der Waals surface area contributed by atoms with Gasteiger partial charge in [-0.3, -0.25) is 14.2 Å². The predicted octanol–water partition coefficient (Wildman–Crippen LogP) is 4.35. The van der Waals surface area contributed by atoms with Crippen molar-refractivity contribution >= 4 is 40.1 Å². The van der Waals surface area contributed by atoms with Crippen LogP contribution in [0, 0.1) is 0 Å². The first kappa shape index (κ1) is 22.0. The Bertz CT molecular complexity index is 1240. The van der Waals surface area contributed by atoms with Crippen LogP contribution in [0.4, 0.5) is 5.69 Å². The number of aromatic nitrogens is 2. The number of aryl methyl sites for hydroxylation is 1. The normalized spacial score (nSPS) is 14.7. The zero-order chi connectivity index (χ0) is 22.7. The molecule has 2 aromatic carbocycles. The maximum atomic E-state index is 12.9. The summed E-state index contributed by atoms with van der Waals surface area (Å²) in [5, 5.41) is 3.62. The SMILES string of the molecule is CC(OC(=O)c1ccc2c(=O)n3c(nc2c1)CCCCCC3)C(=O)Nc1cccc(Cl)c1. The summed E-state index contributed by atoms with van der Waals surface area (Å²) in [5.74, 6) is -0.379. The molecule has 3 aromatic rings. The number of carbonyl (C=O) groups is 2. The summed E-state index contributed by atoms with van der Waals surface area (Å²) in [7, 11) is 0. The van der Waals surface area contributed by atoms with Crippen molar-refractivity contribution < 1.29 is 14.3 Å². The average molecular weight is 454 g/mol. The third kappa shape index (κ3) is 4.83. The van der Waals surface area contributed by atoms with Crippen LogP contribution < -0.4 is 10.9 Å². The van der Waals surface area contributed by atoms with Crippen molar-refractivity contribution in [2.45, 2.75) is 51.7 Å². The van der Waals surface area contributed by atoms with Gasteiger partial charge in [0.15, 0.2) is 6.10 Å². The van der Waals surface area contributed by atoms with Gasteiger partial charge in [0.2, 0.25) is 0 Å². The Morgan fingerprint density at radius 1 is 1.12 bits per heavy atom. The van der Waals surface area contributed by atoms with E-state index in [0.717, 1.165) is 37.9 Å². The average Bonchev–Trinajstić information content (AvgIpc) is 2.74. The molecule has 0 fully saturated rings. The summed E-state index contributed by atoms with van der Waals surface area (Å²) in [6.07, 6.45) is 3.89. The number of hydrogen-bond donors (Lipinski definition) is 1. The fourth-order valence-corrected chi connectivity index (χ4v) is 4.00. The molecule has 0 saturated heterocycles. The number of anilines is 1. The molecule has 7 nitrogen and oxygen atoms in total. The molecular weight excluding hydrogens is 430 g/mol. The number of benzene rings is 2. The first-order valence-corrected chi connectivity index (χ1v) is 11.1. The molecule has 1 atom stereocenters. The van der Waals surface area contributed by atoms with Crippen LogP contribution in [0.25, 0.3) is 10.9 Å². The molecule has 166 valence electrons. The topological polar surface area (TPSA) is 90.3 Å². The molecule has 1 amide bonds. The Hall–Kier alpha value is -3.19. The van der Waals surface area contributed by atoms with Gasteiger partial charge in [0.05, 0.1) is 16.5 Å². The predicted molar refractivity (Wildman–Crippen MR) is 123 cm³/mol. The van der Waals surface area contributed by atoms with Crippen LogP contribution in [0.15, 0.2) is 47.3 Å². The number of fused-ring (bicyclic) bond motifs is 2. The second-order valence-electron chi connectivity index (χ2n) is 7.93. The van der Waals surface area contributed by atoms with Gasteiger partial charge in [-0.05, 0) is 56.2 Å². The summed E-state index contributed by atoms with van der Waals surface area (Å²) in [4.78, 5) is 42.6. The van der Waals surface area contributed by atoms with Crippen molar-refractivity contribution in [1.82, 2.24) is 9.55 Å². The summed E-state index contributed by atoms with van der Waals surface area (Å²) in [6.45, 7) is 2.16. The monoisotopic (exact) mass is 453 g/mol. The molecule has 0 radical (unpaired) electrons. The smallest absolute Gasteiger partial charge is 0.338 e. The maximum absolute atomic E-state index is 12.9. The molecule has 0 bridgehead atoms. The molecule has 1 aliphatic rings. The number of halogens is 1. The molecule has 32 heavy (non-hydrogen) atoms. The van der Waals surface area contributed by atoms with E-state index in [2.05, 4.69) is 10.3 Å². The quantitative estimate of drug-likeness (QED) is 0.593. The highest BCUT2D eigenvalue weighted by Crippen LogP contribution is 2.18. The van der Waals surface area contributed by atoms with Gasteiger partial charge in [-0.15, -0.1) is 0 Å². The molecular formula is C24H24ClN3O4. The highest BCUT2D eigenvalue weighted by molar-refractivity contribution is 6.30. The second kappa shape index (κ2) is 9.53. The fourth-order valence-electron chi connectivity index (χ4n) is 3.81. The Morgan fingerprint density at radius 3 is 2.75 bits per heavy atom. The maximum Gasteiger partial charge on any atom is 0.338 e. The van der Waals surface area contributed by atoms with E-state index in [4.69, 9.17) is 16.3 Å². The van der Waals surface area contributed by atoms with Gasteiger partial charge in [-0.1, -0.05) is 30.5 Å². The standard InChI is InChI=1S/C24H24ClN3O4/c1-15(22(29)26-18-8-6-7-17(25)14-18)32-24(31)16-10-11-19-20(13-16)27-21-9-4-2-3-5-12-28(21)23(19)30/h6-8,10-11,13-15H,2-5,9,12H2,1H3,(H,26,29). The minimum absolute atomic E-state index is 0.0823. The van der Waals surface area contributed by atoms with Gasteiger partial charge < -0.3 is 10.1 Å². The number of esters is 1. The van der Waals surface area contributed by atoms with Gasteiger partial charge in [0.1, 0.15) is 5.82 Å². The van der Waals surface area contributed by atoms with E-state index in [1.807, 2.05) is 0 Å². The zero-order valence-electron chi connectivity index (χ0n) is 17.8. The Balaban J connectivity index is 1.52. The number of ether oxygens (including phenoxy) is 1. The molecule has 1 unspecified atom stereocenters. The second-order valence-corrected chi connectivity index (χ2v) is 8.36. The number of nitrogens with one attached hydrogen (secondary N) is 1. The Morgan fingerprint density at radius 2 is 1.94 bits per heavy atom. The van der Waals surface area contributed by atoms with Crippen LogP contribution in [0.5, 0.6) is 0 Å². The van der Waals surface area contributed by atoms with E-state index >= 15 is 0 Å². The number of hydrogen-bond acceptors (Lipinski definition) is 5. The number of carbonyl (C=O) groups excluding carboxylic acids is 2. The van der Waals surface area contributed by atoms with Gasteiger partial charge in [-0.2, -0.15) is 0 Å². The van der Waals surface area contributed by atoms with Crippen LogP contribution in [0.2, 0.25) is 5.02 Å². The van der Waals surface area contributed by atoms with Crippen LogP contribution >= 0.6 is 11.6 Å². The minimum atomic E-state index is -1.02. The first-order chi connectivity index (χ1) is 15.4. The van der Waals surface area contributed by atoms with Crippen LogP contribution in [0.3, 0.4) is 0 Å². The van der Waals surface area contributed by atoms with Crippen LogP contribution in [-0.2, 0) is 22.5 Å². The highest BCUT2D eigenvalue weighted by Gasteiger charge is 2.20. The van der Waals surface area contributed by atoms with E-state index in [1.54, 1.807) is 41.0 Å². The third-order valence-corrected chi connectivity index (χ3v) is 5.78. The lowest BCUT2D eigenvalue weighted by Gasteiger charge is -2.17. The lowest BCUT2D eigenvalue weighted by Crippen LogP contribution is -2.30. The summed E-state index contributed by atoms with van der Waals surface area (Å²) < 4.78 is 7.09. The Kier molecular flexibility index (Phi) is 6.55. The lowest BCUT2D eigenvalue weighted by atomic mass is 10.1. The molecule has 0 aliphatic carbocycles. The summed E-state index contributed by atoms with van der Waals surface area (Å²) >= 11 is 5.93. The molecule has 8 heteroatoms. The van der Waals surface area contributed by atoms with Crippen LogP contribution in [-0.4, -0.2) is 27.5 Å². The number of amides is 1. The molecule has 0 spiro atoms. The zero-order valence-corrected chi connectivity index (χ0v) is 18.5. The van der Waals surface area contributed by atoms with Crippen molar-refractivity contribution in [2.24, 2.45) is 0 Å². The molecule has 0 saturated carbocycles. The van der Waals surface area contributed by atoms with E-state index < -0.39 is 18.0 Å². The number of nitrogens with zero attached hydrogens (tertiary/aromatic N) is 2. The molecule has 1 aromatic heterocycles. The van der Waals surface area contributed by atoms with Crippen molar-refractivity contribution in [2.75, 3.05) is 5.32 Å². The highest BCUT2D eigenvalue weighted by atomic mass is 35.5.